The Kier molecular flexibility index (Phi) is 3.41. The average Bonchev–Trinajstić information content (AvgIpc) is 2.29. The van der Waals surface area contributed by atoms with E-state index in [0.29, 0.717) is 12.6 Å². The second kappa shape index (κ2) is 4.80. The van der Waals surface area contributed by atoms with Crippen molar-refractivity contribution in [2.24, 2.45) is 5.73 Å². The number of hydrogen-bond acceptors (Lipinski definition) is 4. The van der Waals surface area contributed by atoms with Crippen LogP contribution in [-0.4, -0.2) is 30.8 Å². The van der Waals surface area contributed by atoms with E-state index in [1.807, 2.05) is 13.1 Å². The highest BCUT2D eigenvalue weighted by Gasteiger charge is 2.21. The van der Waals surface area contributed by atoms with Gasteiger partial charge in [-0.3, -0.25) is 4.98 Å². The first-order valence-corrected chi connectivity index (χ1v) is 5.72. The van der Waals surface area contributed by atoms with Crippen molar-refractivity contribution < 1.29 is 4.74 Å². The van der Waals surface area contributed by atoms with Gasteiger partial charge in [0.15, 0.2) is 0 Å². The molecule has 0 aromatic carbocycles. The number of aromatic nitrogens is 1. The molecule has 2 N–H and O–H groups in total. The van der Waals surface area contributed by atoms with E-state index >= 15 is 0 Å². The lowest BCUT2D eigenvalue weighted by molar-refractivity contribution is 0.0988. The Hall–Kier alpha value is -1.13. The minimum atomic E-state index is 0.404. The van der Waals surface area contributed by atoms with Crippen molar-refractivity contribution in [3.63, 3.8) is 0 Å². The van der Waals surface area contributed by atoms with Gasteiger partial charge in [-0.1, -0.05) is 0 Å². The summed E-state index contributed by atoms with van der Waals surface area (Å²) in [6.07, 6.45) is 1.88. The highest BCUT2D eigenvalue weighted by atomic mass is 16.5. The molecule has 4 nitrogen and oxygen atoms in total. The minimum absolute atomic E-state index is 0.404. The van der Waals surface area contributed by atoms with Gasteiger partial charge in [-0.15, -0.1) is 0 Å². The maximum atomic E-state index is 5.75. The smallest absolute Gasteiger partial charge is 0.0668 e. The molecule has 16 heavy (non-hydrogen) atoms. The quantitative estimate of drug-likeness (QED) is 0.811. The molecule has 2 rings (SSSR count). The van der Waals surface area contributed by atoms with Crippen LogP contribution in [0.2, 0.25) is 0 Å². The van der Waals surface area contributed by atoms with E-state index < -0.39 is 0 Å². The fraction of sp³-hybridized carbons (Fsp3) is 0.583. The third kappa shape index (κ3) is 2.18. The lowest BCUT2D eigenvalue weighted by Gasteiger charge is -2.36. The number of rotatable bonds is 2. The molecular weight excluding hydrogens is 202 g/mol. The van der Waals surface area contributed by atoms with E-state index in [9.17, 15) is 0 Å². The van der Waals surface area contributed by atoms with Crippen LogP contribution in [0.1, 0.15) is 18.2 Å². The molecule has 1 aromatic rings. The number of ether oxygens (including phenoxy) is 1. The van der Waals surface area contributed by atoms with Gasteiger partial charge in [-0.2, -0.15) is 0 Å². The van der Waals surface area contributed by atoms with Crippen molar-refractivity contribution in [2.75, 3.05) is 24.7 Å². The van der Waals surface area contributed by atoms with Gasteiger partial charge in [0, 0.05) is 42.3 Å². The summed E-state index contributed by atoms with van der Waals surface area (Å²) in [5, 5.41) is 0. The van der Waals surface area contributed by atoms with Gasteiger partial charge in [-0.05, 0) is 19.9 Å². The molecule has 0 amide bonds. The maximum absolute atomic E-state index is 5.75. The molecule has 1 aliphatic heterocycles. The SMILES string of the molecule is Cc1cc(N2CCOCC2C)c(CN)cn1. The maximum Gasteiger partial charge on any atom is 0.0668 e. The first-order valence-electron chi connectivity index (χ1n) is 5.72. The lowest BCUT2D eigenvalue weighted by Crippen LogP contribution is -2.44. The van der Waals surface area contributed by atoms with Crippen molar-refractivity contribution in [1.29, 1.82) is 0 Å². The van der Waals surface area contributed by atoms with Gasteiger partial charge in [0.1, 0.15) is 0 Å². The van der Waals surface area contributed by atoms with Gasteiger partial charge in [0.05, 0.1) is 13.2 Å². The third-order valence-corrected chi connectivity index (χ3v) is 3.00. The van der Waals surface area contributed by atoms with E-state index in [2.05, 4.69) is 22.9 Å². The summed E-state index contributed by atoms with van der Waals surface area (Å²) in [6.45, 7) is 7.22. The van der Waals surface area contributed by atoms with Gasteiger partial charge >= 0.3 is 0 Å². The second-order valence-corrected chi connectivity index (χ2v) is 4.28. The summed E-state index contributed by atoms with van der Waals surface area (Å²) in [5.41, 5.74) is 9.11. The number of pyridine rings is 1. The Morgan fingerprint density at radius 2 is 2.44 bits per heavy atom. The molecule has 0 saturated carbocycles. The van der Waals surface area contributed by atoms with E-state index in [-0.39, 0.29) is 0 Å². The van der Waals surface area contributed by atoms with Crippen molar-refractivity contribution in [3.05, 3.63) is 23.5 Å². The predicted octanol–water partition coefficient (Wildman–Crippen LogP) is 1.07. The largest absolute Gasteiger partial charge is 0.377 e. The third-order valence-electron chi connectivity index (χ3n) is 3.00. The summed E-state index contributed by atoms with van der Waals surface area (Å²) in [6, 6.07) is 2.52. The molecule has 0 bridgehead atoms. The Morgan fingerprint density at radius 3 is 3.12 bits per heavy atom. The van der Waals surface area contributed by atoms with Gasteiger partial charge in [-0.25, -0.2) is 0 Å². The van der Waals surface area contributed by atoms with Crippen LogP contribution in [0.4, 0.5) is 5.69 Å². The highest BCUT2D eigenvalue weighted by molar-refractivity contribution is 5.54. The van der Waals surface area contributed by atoms with Crippen molar-refractivity contribution >= 4 is 5.69 Å². The second-order valence-electron chi connectivity index (χ2n) is 4.28. The number of nitrogens with two attached hydrogens (primary N) is 1. The summed E-state index contributed by atoms with van der Waals surface area (Å²) in [4.78, 5) is 6.65. The first kappa shape index (κ1) is 11.4. The molecule has 4 heteroatoms. The monoisotopic (exact) mass is 221 g/mol. The molecule has 1 unspecified atom stereocenters. The Morgan fingerprint density at radius 1 is 1.62 bits per heavy atom. The van der Waals surface area contributed by atoms with Crippen molar-refractivity contribution in [3.8, 4) is 0 Å². The zero-order valence-corrected chi connectivity index (χ0v) is 9.94. The number of morpholine rings is 1. The molecule has 1 saturated heterocycles. The van der Waals surface area contributed by atoms with Crippen LogP contribution in [0, 0.1) is 6.92 Å². The minimum Gasteiger partial charge on any atom is -0.377 e. The van der Waals surface area contributed by atoms with Crippen LogP contribution >= 0.6 is 0 Å². The highest BCUT2D eigenvalue weighted by Crippen LogP contribution is 2.24. The molecule has 1 aliphatic rings. The molecule has 1 aromatic heterocycles. The summed E-state index contributed by atoms with van der Waals surface area (Å²) >= 11 is 0. The molecule has 88 valence electrons. The normalized spacial score (nSPS) is 21.2. The number of anilines is 1. The fourth-order valence-electron chi connectivity index (χ4n) is 2.08. The summed E-state index contributed by atoms with van der Waals surface area (Å²) in [5.74, 6) is 0. The fourth-order valence-corrected chi connectivity index (χ4v) is 2.08. The lowest BCUT2D eigenvalue weighted by atomic mass is 10.1. The number of nitrogens with zero attached hydrogens (tertiary/aromatic N) is 2. The molecule has 0 aliphatic carbocycles. The molecule has 2 heterocycles. The van der Waals surface area contributed by atoms with E-state index in [0.717, 1.165) is 31.0 Å². The summed E-state index contributed by atoms with van der Waals surface area (Å²) in [7, 11) is 0. The zero-order valence-electron chi connectivity index (χ0n) is 9.94. The molecule has 0 spiro atoms. The predicted molar refractivity (Wildman–Crippen MR) is 64.5 cm³/mol. The topological polar surface area (TPSA) is 51.4 Å². The van der Waals surface area contributed by atoms with Crippen LogP contribution < -0.4 is 10.6 Å². The van der Waals surface area contributed by atoms with Gasteiger partial charge < -0.3 is 15.4 Å². The van der Waals surface area contributed by atoms with E-state index in [4.69, 9.17) is 10.5 Å². The number of aryl methyl sites for hydroxylation is 1. The van der Waals surface area contributed by atoms with E-state index in [1.54, 1.807) is 0 Å². The zero-order chi connectivity index (χ0) is 11.5. The first-order chi connectivity index (χ1) is 7.72. The molecule has 1 atom stereocenters. The van der Waals surface area contributed by atoms with Crippen molar-refractivity contribution in [1.82, 2.24) is 4.98 Å². The van der Waals surface area contributed by atoms with Crippen LogP contribution in [0.5, 0.6) is 0 Å². The van der Waals surface area contributed by atoms with Gasteiger partial charge in [0.25, 0.3) is 0 Å². The molecule has 1 fully saturated rings. The molecular formula is C12H19N3O. The Bertz CT molecular complexity index is 367. The summed E-state index contributed by atoms with van der Waals surface area (Å²) < 4.78 is 5.45. The Labute approximate surface area is 96.4 Å². The van der Waals surface area contributed by atoms with Crippen molar-refractivity contribution in [2.45, 2.75) is 26.4 Å². The molecule has 0 radical (unpaired) electrons. The Balaban J connectivity index is 2.33. The van der Waals surface area contributed by atoms with Crippen LogP contribution in [0.3, 0.4) is 0 Å². The van der Waals surface area contributed by atoms with Crippen LogP contribution in [0.25, 0.3) is 0 Å². The average molecular weight is 221 g/mol. The van der Waals surface area contributed by atoms with Crippen LogP contribution in [0.15, 0.2) is 12.3 Å². The standard InChI is InChI=1S/C12H19N3O/c1-9-5-12(11(6-13)7-14-9)15-3-4-16-8-10(15)2/h5,7,10H,3-4,6,8,13H2,1-2H3. The van der Waals surface area contributed by atoms with Gasteiger partial charge in [0.2, 0.25) is 0 Å². The van der Waals surface area contributed by atoms with Crippen LogP contribution in [-0.2, 0) is 11.3 Å². The van der Waals surface area contributed by atoms with E-state index in [1.165, 1.54) is 5.69 Å². The number of hydrogen-bond donors (Lipinski definition) is 1.